The van der Waals surface area contributed by atoms with E-state index >= 15 is 0 Å². The first-order chi connectivity index (χ1) is 10.1. The minimum Gasteiger partial charge on any atom is -0.322 e. The zero-order chi connectivity index (χ0) is 15.2. The molecule has 0 unspecified atom stereocenters. The van der Waals surface area contributed by atoms with Crippen molar-refractivity contribution in [3.05, 3.63) is 64.7 Å². The smallest absolute Gasteiger partial charge is 0.256 e. The van der Waals surface area contributed by atoms with Crippen LogP contribution in [0.15, 0.2) is 42.5 Å². The van der Waals surface area contributed by atoms with Gasteiger partial charge >= 0.3 is 0 Å². The molecule has 0 atom stereocenters. The largest absolute Gasteiger partial charge is 0.322 e. The third-order valence-electron chi connectivity index (χ3n) is 3.13. The Morgan fingerprint density at radius 1 is 1.19 bits per heavy atom. The molecule has 2 rings (SSSR count). The van der Waals surface area contributed by atoms with Crippen molar-refractivity contribution in [3.8, 4) is 11.8 Å². The van der Waals surface area contributed by atoms with Crippen LogP contribution in [0.4, 0.5) is 5.69 Å². The number of aryl methyl sites for hydroxylation is 2. The predicted molar refractivity (Wildman–Crippen MR) is 86.2 cm³/mol. The number of rotatable bonds is 2. The fraction of sp³-hybridized carbons (Fsp3) is 0.167. The molecule has 0 aliphatic heterocycles. The summed E-state index contributed by atoms with van der Waals surface area (Å²) in [5.74, 6) is 5.54. The molecule has 21 heavy (non-hydrogen) atoms. The lowest BCUT2D eigenvalue weighted by molar-refractivity contribution is 0.102. The first kappa shape index (κ1) is 14.8. The molecule has 0 bridgehead atoms. The van der Waals surface area contributed by atoms with Crippen molar-refractivity contribution in [2.75, 3.05) is 11.9 Å². The summed E-state index contributed by atoms with van der Waals surface area (Å²) < 4.78 is 0. The Morgan fingerprint density at radius 2 is 1.95 bits per heavy atom. The van der Waals surface area contributed by atoms with Gasteiger partial charge < -0.3 is 11.1 Å². The second-order valence-corrected chi connectivity index (χ2v) is 4.82. The van der Waals surface area contributed by atoms with E-state index in [2.05, 4.69) is 17.2 Å². The molecule has 0 radical (unpaired) electrons. The first-order valence-corrected chi connectivity index (χ1v) is 6.78. The Bertz CT molecular complexity index is 723. The van der Waals surface area contributed by atoms with Gasteiger partial charge in [-0.15, -0.1) is 0 Å². The van der Waals surface area contributed by atoms with Crippen molar-refractivity contribution in [1.29, 1.82) is 0 Å². The topological polar surface area (TPSA) is 55.1 Å². The number of benzene rings is 2. The van der Waals surface area contributed by atoms with E-state index in [1.54, 1.807) is 6.07 Å². The van der Waals surface area contributed by atoms with Crippen molar-refractivity contribution >= 4 is 11.6 Å². The van der Waals surface area contributed by atoms with Gasteiger partial charge in [-0.3, -0.25) is 4.79 Å². The number of carbonyl (C=O) groups is 1. The van der Waals surface area contributed by atoms with Crippen molar-refractivity contribution in [1.82, 2.24) is 0 Å². The van der Waals surface area contributed by atoms with Gasteiger partial charge in [-0.05, 0) is 37.6 Å². The normalized spacial score (nSPS) is 9.67. The van der Waals surface area contributed by atoms with E-state index in [0.717, 1.165) is 11.3 Å². The second kappa shape index (κ2) is 6.74. The van der Waals surface area contributed by atoms with E-state index in [9.17, 15) is 4.79 Å². The van der Waals surface area contributed by atoms with Gasteiger partial charge in [-0.2, -0.15) is 0 Å². The monoisotopic (exact) mass is 278 g/mol. The standard InChI is InChI=1S/C18H18N2O/c1-13-9-10-17(14(2)12-13)20-18(21)16-8-4-3-6-15(16)7-5-11-19/h3-4,6,8-10,12H,11,19H2,1-2H3,(H,20,21). The highest BCUT2D eigenvalue weighted by molar-refractivity contribution is 6.06. The van der Waals surface area contributed by atoms with Crippen LogP contribution in [0.5, 0.6) is 0 Å². The molecule has 2 aromatic rings. The summed E-state index contributed by atoms with van der Waals surface area (Å²) in [5, 5.41) is 2.93. The molecule has 0 fully saturated rings. The minimum atomic E-state index is -0.163. The molecule has 0 heterocycles. The van der Waals surface area contributed by atoms with E-state index in [1.165, 1.54) is 5.56 Å². The van der Waals surface area contributed by atoms with Gasteiger partial charge in [0, 0.05) is 11.3 Å². The Labute approximate surface area is 125 Å². The third-order valence-corrected chi connectivity index (χ3v) is 3.13. The summed E-state index contributed by atoms with van der Waals surface area (Å²) >= 11 is 0. The van der Waals surface area contributed by atoms with Crippen LogP contribution < -0.4 is 11.1 Å². The number of hydrogen-bond acceptors (Lipinski definition) is 2. The van der Waals surface area contributed by atoms with Crippen LogP contribution in [-0.2, 0) is 0 Å². The summed E-state index contributed by atoms with van der Waals surface area (Å²) in [4.78, 5) is 12.4. The highest BCUT2D eigenvalue weighted by Gasteiger charge is 2.11. The van der Waals surface area contributed by atoms with Crippen LogP contribution >= 0.6 is 0 Å². The molecule has 3 N–H and O–H groups in total. The van der Waals surface area contributed by atoms with Crippen LogP contribution in [0.2, 0.25) is 0 Å². The van der Waals surface area contributed by atoms with Gasteiger partial charge in [0.2, 0.25) is 0 Å². The molecule has 3 heteroatoms. The maximum atomic E-state index is 12.4. The highest BCUT2D eigenvalue weighted by Crippen LogP contribution is 2.18. The fourth-order valence-corrected chi connectivity index (χ4v) is 2.08. The lowest BCUT2D eigenvalue weighted by atomic mass is 10.1. The zero-order valence-corrected chi connectivity index (χ0v) is 12.2. The van der Waals surface area contributed by atoms with Crippen molar-refractivity contribution in [3.63, 3.8) is 0 Å². The minimum absolute atomic E-state index is 0.163. The molecule has 0 saturated heterocycles. The van der Waals surface area contributed by atoms with E-state index < -0.39 is 0 Å². The van der Waals surface area contributed by atoms with Crippen LogP contribution in [0.25, 0.3) is 0 Å². The summed E-state index contributed by atoms with van der Waals surface area (Å²) in [6, 6.07) is 13.2. The lowest BCUT2D eigenvalue weighted by Crippen LogP contribution is -2.14. The molecule has 0 spiro atoms. The number of anilines is 1. The predicted octanol–water partition coefficient (Wildman–Crippen LogP) is 2.87. The summed E-state index contributed by atoms with van der Waals surface area (Å²) in [7, 11) is 0. The highest BCUT2D eigenvalue weighted by atomic mass is 16.1. The molecule has 0 saturated carbocycles. The Balaban J connectivity index is 2.28. The molecule has 0 aromatic heterocycles. The maximum Gasteiger partial charge on any atom is 0.256 e. The second-order valence-electron chi connectivity index (χ2n) is 4.82. The van der Waals surface area contributed by atoms with Crippen LogP contribution in [0.3, 0.4) is 0 Å². The van der Waals surface area contributed by atoms with Gasteiger partial charge in [0.1, 0.15) is 0 Å². The average molecular weight is 278 g/mol. The van der Waals surface area contributed by atoms with Crippen LogP contribution in [0.1, 0.15) is 27.0 Å². The summed E-state index contributed by atoms with van der Waals surface area (Å²) in [6.45, 7) is 4.27. The maximum absolute atomic E-state index is 12.4. The number of hydrogen-bond donors (Lipinski definition) is 2. The van der Waals surface area contributed by atoms with Crippen molar-refractivity contribution in [2.45, 2.75) is 13.8 Å². The third kappa shape index (κ3) is 3.71. The first-order valence-electron chi connectivity index (χ1n) is 6.78. The van der Waals surface area contributed by atoms with E-state index in [4.69, 9.17) is 5.73 Å². The lowest BCUT2D eigenvalue weighted by Gasteiger charge is -2.10. The SMILES string of the molecule is Cc1ccc(NC(=O)c2ccccc2C#CCN)c(C)c1. The van der Waals surface area contributed by atoms with Crippen molar-refractivity contribution in [2.24, 2.45) is 5.73 Å². The van der Waals surface area contributed by atoms with Crippen LogP contribution in [0, 0.1) is 25.7 Å². The Kier molecular flexibility index (Phi) is 4.76. The number of nitrogens with two attached hydrogens (primary N) is 1. The summed E-state index contributed by atoms with van der Waals surface area (Å²) in [6.07, 6.45) is 0. The molecule has 106 valence electrons. The number of amides is 1. The van der Waals surface area contributed by atoms with Gasteiger partial charge in [-0.1, -0.05) is 41.7 Å². The Hall–Kier alpha value is -2.57. The Morgan fingerprint density at radius 3 is 2.67 bits per heavy atom. The molecule has 3 nitrogen and oxygen atoms in total. The van der Waals surface area contributed by atoms with E-state index in [0.29, 0.717) is 11.1 Å². The van der Waals surface area contributed by atoms with E-state index in [-0.39, 0.29) is 12.5 Å². The van der Waals surface area contributed by atoms with Crippen LogP contribution in [-0.4, -0.2) is 12.5 Å². The fourth-order valence-electron chi connectivity index (χ4n) is 2.08. The zero-order valence-electron chi connectivity index (χ0n) is 12.2. The van der Waals surface area contributed by atoms with Gasteiger partial charge in [0.05, 0.1) is 12.1 Å². The molecule has 0 aliphatic rings. The van der Waals surface area contributed by atoms with Crippen molar-refractivity contribution < 1.29 is 4.79 Å². The van der Waals surface area contributed by atoms with Gasteiger partial charge in [-0.25, -0.2) is 0 Å². The van der Waals surface area contributed by atoms with Gasteiger partial charge in [0.25, 0.3) is 5.91 Å². The molecular formula is C18H18N2O. The molecular weight excluding hydrogens is 260 g/mol. The van der Waals surface area contributed by atoms with E-state index in [1.807, 2.05) is 50.2 Å². The average Bonchev–Trinajstić information content (AvgIpc) is 2.48. The molecule has 0 aliphatic carbocycles. The number of carbonyl (C=O) groups excluding carboxylic acids is 1. The molecule has 2 aromatic carbocycles. The summed E-state index contributed by atoms with van der Waals surface area (Å²) in [5.41, 5.74) is 9.64. The quantitative estimate of drug-likeness (QED) is 0.830. The number of nitrogens with one attached hydrogen (secondary N) is 1. The molecule has 1 amide bonds. The van der Waals surface area contributed by atoms with Gasteiger partial charge in [0.15, 0.2) is 0 Å².